The molecule has 1 fully saturated rings. The van der Waals surface area contributed by atoms with Crippen LogP contribution in [-0.4, -0.2) is 45.3 Å². The molecule has 7 nitrogen and oxygen atoms in total. The van der Waals surface area contributed by atoms with Crippen LogP contribution in [0.1, 0.15) is 29.6 Å². The highest BCUT2D eigenvalue weighted by Gasteiger charge is 2.33. The number of nitrogens with one attached hydrogen (secondary N) is 2. The van der Waals surface area contributed by atoms with Gasteiger partial charge in [-0.1, -0.05) is 6.08 Å². The van der Waals surface area contributed by atoms with Gasteiger partial charge in [0.05, 0.1) is 10.4 Å². The Morgan fingerprint density at radius 3 is 3.05 bits per heavy atom. The highest BCUT2D eigenvalue weighted by molar-refractivity contribution is 7.13. The van der Waals surface area contributed by atoms with Crippen molar-refractivity contribution in [3.8, 4) is 10.7 Å². The molecule has 22 heavy (non-hydrogen) atoms. The van der Waals surface area contributed by atoms with E-state index in [1.807, 2.05) is 11.5 Å². The molecule has 3 heterocycles. The topological polar surface area (TPSA) is 92.8 Å². The molecule has 0 radical (unpaired) electrons. The molecule has 0 aliphatic carbocycles. The number of ether oxygens (including phenoxy) is 1. The fourth-order valence-electron chi connectivity index (χ4n) is 2.57. The maximum Gasteiger partial charge on any atom is 0.252 e. The Balaban J connectivity index is 1.74. The minimum absolute atomic E-state index is 0.0882. The van der Waals surface area contributed by atoms with Crippen molar-refractivity contribution in [1.82, 2.24) is 25.9 Å². The van der Waals surface area contributed by atoms with Gasteiger partial charge in [-0.15, -0.1) is 28.1 Å². The molecular formula is C14H17N5O2S. The van der Waals surface area contributed by atoms with Gasteiger partial charge in [0, 0.05) is 24.1 Å². The van der Waals surface area contributed by atoms with E-state index in [1.165, 1.54) is 11.3 Å². The predicted molar refractivity (Wildman–Crippen MR) is 82.6 cm³/mol. The first-order valence-electron chi connectivity index (χ1n) is 7.06. The quantitative estimate of drug-likeness (QED) is 0.820. The molecule has 1 aliphatic heterocycles. The van der Waals surface area contributed by atoms with E-state index in [0.717, 1.165) is 24.1 Å². The number of H-pyrrole nitrogens is 1. The van der Waals surface area contributed by atoms with E-state index >= 15 is 0 Å². The molecule has 0 atom stereocenters. The molecule has 0 bridgehead atoms. The maximum absolute atomic E-state index is 12.5. The maximum atomic E-state index is 12.5. The Bertz CT molecular complexity index is 646. The van der Waals surface area contributed by atoms with Crippen LogP contribution < -0.4 is 5.32 Å². The Hall–Kier alpha value is -2.06. The standard InChI is InChI=1S/C14H17N5O2S/c1-2-3-14(4-6-21-7-5-14)15-13(20)10-8-11(22-9-10)12-16-18-19-17-12/h2,8-9H,1,3-7H2,(H,15,20)(H,16,17,18,19). The second-order valence-corrected chi connectivity index (χ2v) is 6.19. The van der Waals surface area contributed by atoms with Gasteiger partial charge in [0.25, 0.3) is 5.91 Å². The first kappa shape index (κ1) is 14.9. The predicted octanol–water partition coefficient (Wildman–Crippen LogP) is 1.78. The molecule has 8 heteroatoms. The zero-order chi connectivity index (χ0) is 15.4. The minimum atomic E-state index is -0.259. The number of tetrazole rings is 1. The van der Waals surface area contributed by atoms with Crippen molar-refractivity contribution < 1.29 is 9.53 Å². The molecule has 0 aromatic carbocycles. The second kappa shape index (κ2) is 6.37. The van der Waals surface area contributed by atoms with Gasteiger partial charge in [-0.2, -0.15) is 5.21 Å². The van der Waals surface area contributed by atoms with E-state index in [1.54, 1.807) is 6.07 Å². The zero-order valence-electron chi connectivity index (χ0n) is 12.0. The lowest BCUT2D eigenvalue weighted by atomic mass is 9.86. The fourth-order valence-corrected chi connectivity index (χ4v) is 3.39. The molecule has 1 aliphatic rings. The summed E-state index contributed by atoms with van der Waals surface area (Å²) < 4.78 is 5.40. The summed E-state index contributed by atoms with van der Waals surface area (Å²) in [5.74, 6) is 0.408. The average molecular weight is 319 g/mol. The molecule has 0 unspecified atom stereocenters. The first-order chi connectivity index (χ1) is 10.7. The molecule has 2 aromatic heterocycles. The summed E-state index contributed by atoms with van der Waals surface area (Å²) in [4.78, 5) is 13.3. The monoisotopic (exact) mass is 319 g/mol. The SMILES string of the molecule is C=CCC1(NC(=O)c2csc(-c3nn[nH]n3)c2)CCOCC1. The van der Waals surface area contributed by atoms with E-state index in [4.69, 9.17) is 4.74 Å². The summed E-state index contributed by atoms with van der Waals surface area (Å²) in [6.45, 7) is 5.12. The van der Waals surface area contributed by atoms with Crippen LogP contribution in [0.4, 0.5) is 0 Å². The van der Waals surface area contributed by atoms with Crippen molar-refractivity contribution in [3.05, 3.63) is 29.7 Å². The van der Waals surface area contributed by atoms with E-state index in [2.05, 4.69) is 32.5 Å². The van der Waals surface area contributed by atoms with Gasteiger partial charge < -0.3 is 10.1 Å². The number of aromatic nitrogens is 4. The number of aromatic amines is 1. The number of amides is 1. The van der Waals surface area contributed by atoms with Gasteiger partial charge in [0.15, 0.2) is 0 Å². The van der Waals surface area contributed by atoms with Crippen molar-refractivity contribution in [2.75, 3.05) is 13.2 Å². The normalized spacial score (nSPS) is 17.1. The zero-order valence-corrected chi connectivity index (χ0v) is 12.9. The Morgan fingerprint density at radius 2 is 2.36 bits per heavy atom. The van der Waals surface area contributed by atoms with Crippen molar-refractivity contribution in [3.63, 3.8) is 0 Å². The minimum Gasteiger partial charge on any atom is -0.381 e. The van der Waals surface area contributed by atoms with Crippen molar-refractivity contribution in [2.24, 2.45) is 0 Å². The average Bonchev–Trinajstić information content (AvgIpc) is 3.19. The molecule has 1 saturated heterocycles. The number of hydrogen-bond donors (Lipinski definition) is 2. The van der Waals surface area contributed by atoms with Crippen LogP contribution in [0.3, 0.4) is 0 Å². The molecule has 2 aromatic rings. The number of carbonyl (C=O) groups excluding carboxylic acids is 1. The Labute approximate surface area is 131 Å². The van der Waals surface area contributed by atoms with E-state index in [9.17, 15) is 4.79 Å². The summed E-state index contributed by atoms with van der Waals surface area (Å²) in [6, 6.07) is 1.78. The van der Waals surface area contributed by atoms with Crippen molar-refractivity contribution in [2.45, 2.75) is 24.8 Å². The lowest BCUT2D eigenvalue weighted by Crippen LogP contribution is -2.51. The number of rotatable bonds is 5. The number of thiophene rings is 1. The van der Waals surface area contributed by atoms with Crippen LogP contribution in [-0.2, 0) is 4.74 Å². The molecule has 1 amide bonds. The van der Waals surface area contributed by atoms with Gasteiger partial charge in [0.2, 0.25) is 5.82 Å². The van der Waals surface area contributed by atoms with Crippen LogP contribution in [0.2, 0.25) is 0 Å². The molecular weight excluding hydrogens is 302 g/mol. The lowest BCUT2D eigenvalue weighted by Gasteiger charge is -2.37. The van der Waals surface area contributed by atoms with Crippen molar-refractivity contribution in [1.29, 1.82) is 0 Å². The smallest absolute Gasteiger partial charge is 0.252 e. The van der Waals surface area contributed by atoms with Crippen LogP contribution in [0.15, 0.2) is 24.1 Å². The Kier molecular flexibility index (Phi) is 4.30. The molecule has 3 rings (SSSR count). The molecule has 0 saturated carbocycles. The van der Waals surface area contributed by atoms with Crippen molar-refractivity contribution >= 4 is 17.2 Å². The molecule has 116 valence electrons. The van der Waals surface area contributed by atoms with E-state index in [0.29, 0.717) is 24.6 Å². The third-order valence-electron chi connectivity index (χ3n) is 3.79. The largest absolute Gasteiger partial charge is 0.381 e. The van der Waals surface area contributed by atoms with Gasteiger partial charge >= 0.3 is 0 Å². The van der Waals surface area contributed by atoms with Gasteiger partial charge in [-0.3, -0.25) is 4.79 Å². The van der Waals surface area contributed by atoms with Gasteiger partial charge in [0.1, 0.15) is 0 Å². The van der Waals surface area contributed by atoms with Crippen LogP contribution in [0.25, 0.3) is 10.7 Å². The summed E-state index contributed by atoms with van der Waals surface area (Å²) in [6.07, 6.45) is 4.19. The first-order valence-corrected chi connectivity index (χ1v) is 7.94. The fraction of sp³-hybridized carbons (Fsp3) is 0.429. The highest BCUT2D eigenvalue weighted by Crippen LogP contribution is 2.27. The number of hydrogen-bond acceptors (Lipinski definition) is 6. The van der Waals surface area contributed by atoms with E-state index in [-0.39, 0.29) is 11.4 Å². The summed E-state index contributed by atoms with van der Waals surface area (Å²) >= 11 is 1.42. The molecule has 2 N–H and O–H groups in total. The van der Waals surface area contributed by atoms with Crippen LogP contribution >= 0.6 is 11.3 Å². The Morgan fingerprint density at radius 1 is 1.55 bits per heavy atom. The number of carbonyl (C=O) groups is 1. The van der Waals surface area contributed by atoms with E-state index < -0.39 is 0 Å². The van der Waals surface area contributed by atoms with Gasteiger partial charge in [-0.05, 0) is 30.5 Å². The number of nitrogens with zero attached hydrogens (tertiary/aromatic N) is 3. The lowest BCUT2D eigenvalue weighted by molar-refractivity contribution is 0.0369. The third kappa shape index (κ3) is 3.07. The second-order valence-electron chi connectivity index (χ2n) is 5.27. The van der Waals surface area contributed by atoms with Crippen LogP contribution in [0, 0.1) is 0 Å². The summed E-state index contributed by atoms with van der Waals surface area (Å²) in [7, 11) is 0. The summed E-state index contributed by atoms with van der Waals surface area (Å²) in [5.41, 5.74) is 0.352. The summed E-state index contributed by atoms with van der Waals surface area (Å²) in [5, 5.41) is 18.7. The van der Waals surface area contributed by atoms with Gasteiger partial charge in [-0.25, -0.2) is 0 Å². The van der Waals surface area contributed by atoms with Crippen LogP contribution in [0.5, 0.6) is 0 Å². The third-order valence-corrected chi connectivity index (χ3v) is 4.72. The molecule has 0 spiro atoms. The highest BCUT2D eigenvalue weighted by atomic mass is 32.1.